The van der Waals surface area contributed by atoms with Gasteiger partial charge in [0.1, 0.15) is 0 Å². The van der Waals surface area contributed by atoms with Gasteiger partial charge < -0.3 is 9.30 Å². The molecule has 0 aliphatic rings. The van der Waals surface area contributed by atoms with E-state index in [4.69, 9.17) is 0 Å². The summed E-state index contributed by atoms with van der Waals surface area (Å²) < 4.78 is 6.83. The number of rotatable bonds is 3. The lowest BCUT2D eigenvalue weighted by Crippen LogP contribution is -2.23. The van der Waals surface area contributed by atoms with Gasteiger partial charge in [-0.15, -0.1) is 0 Å². The van der Waals surface area contributed by atoms with Crippen LogP contribution < -0.4 is 5.56 Å². The Balaban J connectivity index is 2.86. The highest BCUT2D eigenvalue weighted by molar-refractivity contribution is 9.10. The second kappa shape index (κ2) is 5.11. The Morgan fingerprint density at radius 1 is 1.60 bits per heavy atom. The molecule has 5 heteroatoms. The predicted octanol–water partition coefficient (Wildman–Crippen LogP) is 1.48. The molecule has 0 saturated heterocycles. The summed E-state index contributed by atoms with van der Waals surface area (Å²) in [5, 5.41) is 0. The molecule has 0 atom stereocenters. The van der Waals surface area contributed by atoms with Crippen molar-refractivity contribution in [3.8, 4) is 0 Å². The Morgan fingerprint density at radius 3 is 2.87 bits per heavy atom. The Kier molecular flexibility index (Phi) is 4.08. The minimum absolute atomic E-state index is 0.0814. The van der Waals surface area contributed by atoms with Gasteiger partial charge in [-0.1, -0.05) is 0 Å². The van der Waals surface area contributed by atoms with E-state index < -0.39 is 0 Å². The van der Waals surface area contributed by atoms with Crippen molar-refractivity contribution >= 4 is 21.9 Å². The number of hydrogen-bond donors (Lipinski definition) is 0. The summed E-state index contributed by atoms with van der Waals surface area (Å²) in [6, 6.07) is 1.75. The van der Waals surface area contributed by atoms with Gasteiger partial charge in [-0.2, -0.15) is 0 Å². The van der Waals surface area contributed by atoms with Crippen molar-refractivity contribution < 1.29 is 9.53 Å². The first-order valence-corrected chi connectivity index (χ1v) is 5.27. The average molecular weight is 274 g/mol. The van der Waals surface area contributed by atoms with Crippen molar-refractivity contribution in [3.63, 3.8) is 0 Å². The second-order valence-electron chi connectivity index (χ2n) is 3.17. The van der Waals surface area contributed by atoms with Crippen LogP contribution in [0.15, 0.2) is 21.5 Å². The number of ether oxygens (including phenoxy) is 1. The summed E-state index contributed by atoms with van der Waals surface area (Å²) in [4.78, 5) is 22.5. The normalized spacial score (nSPS) is 10.1. The van der Waals surface area contributed by atoms with Crippen LogP contribution in [0.1, 0.15) is 12.0 Å². The van der Waals surface area contributed by atoms with Crippen molar-refractivity contribution in [2.75, 3.05) is 7.11 Å². The Hall–Kier alpha value is -1.10. The maximum atomic E-state index is 11.6. The molecular weight excluding hydrogens is 262 g/mol. The molecule has 1 aromatic heterocycles. The van der Waals surface area contributed by atoms with Crippen LogP contribution in [0.4, 0.5) is 0 Å². The molecule has 0 aliphatic carbocycles. The van der Waals surface area contributed by atoms with Crippen molar-refractivity contribution in [1.29, 1.82) is 0 Å². The molecule has 0 aliphatic heterocycles. The lowest BCUT2D eigenvalue weighted by atomic mass is 10.3. The van der Waals surface area contributed by atoms with Gasteiger partial charge in [0.15, 0.2) is 0 Å². The van der Waals surface area contributed by atoms with E-state index in [9.17, 15) is 9.59 Å². The van der Waals surface area contributed by atoms with Crippen molar-refractivity contribution in [1.82, 2.24) is 4.57 Å². The number of nitrogens with zero attached hydrogens (tertiary/aromatic N) is 1. The van der Waals surface area contributed by atoms with Crippen LogP contribution in [0.3, 0.4) is 0 Å². The fraction of sp³-hybridized carbons (Fsp3) is 0.400. The number of aryl methyl sites for hydroxylation is 2. The number of esters is 1. The van der Waals surface area contributed by atoms with Crippen molar-refractivity contribution in [3.05, 3.63) is 32.7 Å². The molecule has 0 unspecified atom stereocenters. The van der Waals surface area contributed by atoms with Crippen LogP contribution in [0, 0.1) is 6.92 Å². The number of aromatic nitrogens is 1. The first-order valence-electron chi connectivity index (χ1n) is 4.48. The van der Waals surface area contributed by atoms with Crippen molar-refractivity contribution in [2.45, 2.75) is 19.9 Å². The van der Waals surface area contributed by atoms with Gasteiger partial charge in [0.05, 0.1) is 13.5 Å². The van der Waals surface area contributed by atoms with Gasteiger partial charge in [-0.3, -0.25) is 9.59 Å². The molecule has 4 nitrogen and oxygen atoms in total. The number of carbonyl (C=O) groups excluding carboxylic acids is 1. The third-order valence-corrected chi connectivity index (χ3v) is 2.45. The van der Waals surface area contributed by atoms with E-state index in [1.54, 1.807) is 19.2 Å². The van der Waals surface area contributed by atoms with Crippen LogP contribution in [-0.4, -0.2) is 17.6 Å². The zero-order valence-electron chi connectivity index (χ0n) is 8.62. The Morgan fingerprint density at radius 2 is 2.27 bits per heavy atom. The second-order valence-corrected chi connectivity index (χ2v) is 4.08. The maximum absolute atomic E-state index is 11.6. The minimum atomic E-state index is -0.320. The smallest absolute Gasteiger partial charge is 0.307 e. The molecule has 82 valence electrons. The molecule has 1 heterocycles. The molecule has 0 spiro atoms. The van der Waals surface area contributed by atoms with E-state index >= 15 is 0 Å². The Labute approximate surface area is 96.0 Å². The Bertz CT molecular complexity index is 425. The first-order chi connectivity index (χ1) is 7.04. The predicted molar refractivity (Wildman–Crippen MR) is 59.8 cm³/mol. The van der Waals surface area contributed by atoms with E-state index in [2.05, 4.69) is 20.7 Å². The molecular formula is C10H12BrNO3. The maximum Gasteiger partial charge on any atom is 0.307 e. The van der Waals surface area contributed by atoms with Crippen LogP contribution in [0.2, 0.25) is 0 Å². The summed E-state index contributed by atoms with van der Waals surface area (Å²) in [5.41, 5.74) is 0.566. The monoisotopic (exact) mass is 273 g/mol. The molecule has 15 heavy (non-hydrogen) atoms. The quantitative estimate of drug-likeness (QED) is 0.784. The first kappa shape index (κ1) is 12.0. The molecule has 0 amide bonds. The largest absolute Gasteiger partial charge is 0.469 e. The number of halogens is 1. The molecule has 0 aromatic carbocycles. The number of methoxy groups -OCH3 is 1. The third kappa shape index (κ3) is 3.20. The minimum Gasteiger partial charge on any atom is -0.469 e. The van der Waals surface area contributed by atoms with E-state index in [1.807, 2.05) is 0 Å². The van der Waals surface area contributed by atoms with E-state index in [0.29, 0.717) is 12.1 Å². The van der Waals surface area contributed by atoms with Gasteiger partial charge in [0.2, 0.25) is 0 Å². The van der Waals surface area contributed by atoms with Crippen LogP contribution >= 0.6 is 15.9 Å². The van der Waals surface area contributed by atoms with Crippen LogP contribution in [0.5, 0.6) is 0 Å². The number of hydrogen-bond acceptors (Lipinski definition) is 3. The summed E-state index contributed by atoms with van der Waals surface area (Å²) >= 11 is 3.30. The van der Waals surface area contributed by atoms with Crippen molar-refractivity contribution in [2.24, 2.45) is 0 Å². The van der Waals surface area contributed by atoms with Crippen LogP contribution in [-0.2, 0) is 16.1 Å². The van der Waals surface area contributed by atoms with Crippen LogP contribution in [0.25, 0.3) is 0 Å². The molecule has 0 bridgehead atoms. The van der Waals surface area contributed by atoms with Gasteiger partial charge in [-0.05, 0) is 28.9 Å². The molecule has 0 saturated carbocycles. The zero-order chi connectivity index (χ0) is 11.4. The molecule has 0 fully saturated rings. The molecule has 1 aromatic rings. The highest BCUT2D eigenvalue weighted by Crippen LogP contribution is 2.08. The van der Waals surface area contributed by atoms with E-state index in [0.717, 1.165) is 4.47 Å². The molecule has 0 radical (unpaired) electrons. The van der Waals surface area contributed by atoms with E-state index in [1.165, 1.54) is 11.7 Å². The SMILES string of the molecule is COC(=O)CCn1cc(Br)cc(C)c1=O. The summed E-state index contributed by atoms with van der Waals surface area (Å²) in [5.74, 6) is -0.320. The van der Waals surface area contributed by atoms with E-state index in [-0.39, 0.29) is 17.9 Å². The number of carbonyl (C=O) groups is 1. The lowest BCUT2D eigenvalue weighted by Gasteiger charge is -2.06. The van der Waals surface area contributed by atoms with Gasteiger partial charge in [0.25, 0.3) is 5.56 Å². The lowest BCUT2D eigenvalue weighted by molar-refractivity contribution is -0.140. The standard InChI is InChI=1S/C10H12BrNO3/c1-7-5-8(11)6-12(10(7)14)4-3-9(13)15-2/h5-6H,3-4H2,1-2H3. The topological polar surface area (TPSA) is 48.3 Å². The van der Waals surface area contributed by atoms with Gasteiger partial charge in [0, 0.05) is 22.8 Å². The van der Waals surface area contributed by atoms with Gasteiger partial charge in [-0.25, -0.2) is 0 Å². The zero-order valence-corrected chi connectivity index (χ0v) is 10.2. The summed E-state index contributed by atoms with van der Waals surface area (Å²) in [7, 11) is 1.33. The van der Waals surface area contributed by atoms with Gasteiger partial charge >= 0.3 is 5.97 Å². The average Bonchev–Trinajstić information content (AvgIpc) is 2.20. The summed E-state index contributed by atoms with van der Waals surface area (Å²) in [6.07, 6.45) is 1.87. The highest BCUT2D eigenvalue weighted by Gasteiger charge is 2.05. The summed E-state index contributed by atoms with van der Waals surface area (Å²) in [6.45, 7) is 2.08. The number of pyridine rings is 1. The fourth-order valence-corrected chi connectivity index (χ4v) is 1.81. The third-order valence-electron chi connectivity index (χ3n) is 2.02. The molecule has 0 N–H and O–H groups in total. The molecule has 1 rings (SSSR count). The highest BCUT2D eigenvalue weighted by atomic mass is 79.9. The fourth-order valence-electron chi connectivity index (χ4n) is 1.22.